The number of sulfonamides is 1. The normalized spacial score (nSPS) is 11.3. The van der Waals surface area contributed by atoms with Gasteiger partial charge in [0.2, 0.25) is 10.0 Å². The van der Waals surface area contributed by atoms with Gasteiger partial charge in [-0.2, -0.15) is 5.48 Å². The monoisotopic (exact) mass is 272 g/mol. The molecule has 0 aliphatic rings. The van der Waals surface area contributed by atoms with Gasteiger partial charge in [-0.3, -0.25) is 4.72 Å². The van der Waals surface area contributed by atoms with Crippen LogP contribution in [-0.4, -0.2) is 26.7 Å². The van der Waals surface area contributed by atoms with Gasteiger partial charge in [0.05, 0.1) is 10.8 Å². The van der Waals surface area contributed by atoms with E-state index in [1.807, 2.05) is 0 Å². The van der Waals surface area contributed by atoms with E-state index < -0.39 is 21.2 Å². The van der Waals surface area contributed by atoms with E-state index in [2.05, 4.69) is 15.0 Å². The molecule has 0 radical (unpaired) electrons. The average molecular weight is 272 g/mol. The quantitative estimate of drug-likeness (QED) is 0.785. The summed E-state index contributed by atoms with van der Waals surface area (Å²) in [5, 5.41) is -0.522. The Morgan fingerprint density at radius 3 is 2.22 bits per heavy atom. The Labute approximate surface area is 106 Å². The number of hydrogen-bond acceptors (Lipinski definition) is 5. The number of rotatable bonds is 5. The van der Waals surface area contributed by atoms with Gasteiger partial charge in [0.25, 0.3) is 0 Å². The summed E-state index contributed by atoms with van der Waals surface area (Å²) in [6.45, 7) is 3.17. The minimum atomic E-state index is -3.37. The molecule has 0 bridgehead atoms. The van der Waals surface area contributed by atoms with Crippen LogP contribution in [0, 0.1) is 0 Å². The molecule has 0 atom stereocenters. The Morgan fingerprint density at radius 1 is 1.22 bits per heavy atom. The van der Waals surface area contributed by atoms with Crippen molar-refractivity contribution in [3.8, 4) is 0 Å². The van der Waals surface area contributed by atoms with Crippen LogP contribution in [0.15, 0.2) is 24.3 Å². The number of hydrogen-bond donors (Lipinski definition) is 2. The van der Waals surface area contributed by atoms with Crippen molar-refractivity contribution < 1.29 is 18.0 Å². The molecular weight excluding hydrogens is 256 g/mol. The fraction of sp³-hybridized carbons (Fsp3) is 0.364. The molecule has 100 valence electrons. The van der Waals surface area contributed by atoms with Gasteiger partial charge in [0, 0.05) is 12.7 Å². The van der Waals surface area contributed by atoms with Gasteiger partial charge in [0.1, 0.15) is 0 Å². The van der Waals surface area contributed by atoms with Crippen LogP contribution in [0.4, 0.5) is 5.69 Å². The lowest BCUT2D eigenvalue weighted by atomic mass is 10.2. The number of nitrogens with one attached hydrogen (secondary N) is 2. The summed E-state index contributed by atoms with van der Waals surface area (Å²) >= 11 is 0. The molecule has 0 aliphatic carbocycles. The van der Waals surface area contributed by atoms with Crippen molar-refractivity contribution in [1.82, 2.24) is 5.48 Å². The molecule has 7 heteroatoms. The molecule has 0 fully saturated rings. The zero-order chi connectivity index (χ0) is 13.8. The smallest absolute Gasteiger partial charge is 0.356 e. The largest absolute Gasteiger partial charge is 0.367 e. The molecule has 1 aromatic rings. The lowest BCUT2D eigenvalue weighted by Gasteiger charge is -2.10. The van der Waals surface area contributed by atoms with Gasteiger partial charge in [-0.15, -0.1) is 0 Å². The number of hydroxylamine groups is 1. The van der Waals surface area contributed by atoms with Crippen molar-refractivity contribution in [1.29, 1.82) is 0 Å². The maximum Gasteiger partial charge on any atom is 0.356 e. The molecule has 0 aliphatic heterocycles. The standard InChI is InChI=1S/C11H16N2O4S/c1-8(2)18(15,16)13-10-6-4-9(5-7-10)11(14)17-12-3/h4-8,12-13H,1-3H3. The van der Waals surface area contributed by atoms with Crippen LogP contribution in [0.5, 0.6) is 0 Å². The van der Waals surface area contributed by atoms with Crippen molar-refractivity contribution >= 4 is 21.7 Å². The minimum Gasteiger partial charge on any atom is -0.367 e. The molecule has 1 rings (SSSR count). The van der Waals surface area contributed by atoms with Crippen LogP contribution >= 0.6 is 0 Å². The summed E-state index contributed by atoms with van der Waals surface area (Å²) in [7, 11) is -1.90. The highest BCUT2D eigenvalue weighted by Crippen LogP contribution is 2.13. The third-order valence-corrected chi connectivity index (χ3v) is 3.96. The Hall–Kier alpha value is -1.60. The summed E-state index contributed by atoms with van der Waals surface area (Å²) in [5.41, 5.74) is 3.01. The van der Waals surface area contributed by atoms with E-state index in [0.29, 0.717) is 11.3 Å². The van der Waals surface area contributed by atoms with Crippen molar-refractivity contribution in [3.05, 3.63) is 29.8 Å². The second-order valence-electron chi connectivity index (χ2n) is 3.87. The molecule has 0 amide bonds. The summed E-state index contributed by atoms with van der Waals surface area (Å²) in [6, 6.07) is 5.98. The molecule has 0 aromatic heterocycles. The Balaban J connectivity index is 2.81. The zero-order valence-electron chi connectivity index (χ0n) is 10.4. The van der Waals surface area contributed by atoms with E-state index in [1.54, 1.807) is 13.8 Å². The molecule has 0 saturated carbocycles. The fourth-order valence-electron chi connectivity index (χ4n) is 1.11. The average Bonchev–Trinajstić information content (AvgIpc) is 2.29. The van der Waals surface area contributed by atoms with Crippen LogP contribution in [0.25, 0.3) is 0 Å². The predicted octanol–water partition coefficient (Wildman–Crippen LogP) is 1.13. The van der Waals surface area contributed by atoms with E-state index in [9.17, 15) is 13.2 Å². The predicted molar refractivity (Wildman–Crippen MR) is 68.6 cm³/mol. The van der Waals surface area contributed by atoms with Gasteiger partial charge in [0.15, 0.2) is 0 Å². The Bertz CT molecular complexity index is 508. The topological polar surface area (TPSA) is 84.5 Å². The summed E-state index contributed by atoms with van der Waals surface area (Å²) in [6.07, 6.45) is 0. The number of anilines is 1. The SMILES string of the molecule is CNOC(=O)c1ccc(NS(=O)(=O)C(C)C)cc1. The first-order valence-corrected chi connectivity index (χ1v) is 6.91. The number of carbonyl (C=O) groups is 1. The van der Waals surface area contributed by atoms with Crippen LogP contribution in [0.2, 0.25) is 0 Å². The van der Waals surface area contributed by atoms with Crippen molar-refractivity contribution in [3.63, 3.8) is 0 Å². The lowest BCUT2D eigenvalue weighted by Crippen LogP contribution is -2.22. The first-order valence-electron chi connectivity index (χ1n) is 5.36. The van der Waals surface area contributed by atoms with E-state index >= 15 is 0 Å². The molecule has 18 heavy (non-hydrogen) atoms. The number of benzene rings is 1. The van der Waals surface area contributed by atoms with Gasteiger partial charge in [-0.1, -0.05) is 0 Å². The summed E-state index contributed by atoms with van der Waals surface area (Å²) < 4.78 is 25.6. The molecule has 0 unspecified atom stereocenters. The summed E-state index contributed by atoms with van der Waals surface area (Å²) in [5.74, 6) is -0.532. The zero-order valence-corrected chi connectivity index (χ0v) is 11.2. The molecule has 0 spiro atoms. The van der Waals surface area contributed by atoms with Crippen LogP contribution in [0.3, 0.4) is 0 Å². The van der Waals surface area contributed by atoms with Crippen molar-refractivity contribution in [2.75, 3.05) is 11.8 Å². The van der Waals surface area contributed by atoms with Crippen LogP contribution < -0.4 is 10.2 Å². The Kier molecular flexibility index (Phi) is 4.69. The van der Waals surface area contributed by atoms with E-state index in [1.165, 1.54) is 31.3 Å². The minimum absolute atomic E-state index is 0.330. The fourth-order valence-corrected chi connectivity index (χ4v) is 1.81. The first kappa shape index (κ1) is 14.5. The first-order chi connectivity index (χ1) is 8.36. The summed E-state index contributed by atoms with van der Waals surface area (Å²) in [4.78, 5) is 15.9. The highest BCUT2D eigenvalue weighted by atomic mass is 32.2. The third-order valence-electron chi connectivity index (χ3n) is 2.20. The van der Waals surface area contributed by atoms with Crippen molar-refractivity contribution in [2.45, 2.75) is 19.1 Å². The molecule has 0 heterocycles. The van der Waals surface area contributed by atoms with Crippen molar-refractivity contribution in [2.24, 2.45) is 0 Å². The second kappa shape index (κ2) is 5.83. The maximum atomic E-state index is 11.6. The third kappa shape index (κ3) is 3.71. The van der Waals surface area contributed by atoms with Crippen LogP contribution in [-0.2, 0) is 14.9 Å². The molecular formula is C11H16N2O4S. The molecule has 2 N–H and O–H groups in total. The second-order valence-corrected chi connectivity index (χ2v) is 6.10. The molecule has 1 aromatic carbocycles. The van der Waals surface area contributed by atoms with Gasteiger partial charge in [-0.25, -0.2) is 13.2 Å². The van der Waals surface area contributed by atoms with Gasteiger partial charge < -0.3 is 4.84 Å². The molecule has 0 saturated heterocycles. The van der Waals surface area contributed by atoms with Gasteiger partial charge in [-0.05, 0) is 38.1 Å². The maximum absolute atomic E-state index is 11.6. The Morgan fingerprint density at radius 2 is 1.78 bits per heavy atom. The van der Waals surface area contributed by atoms with Crippen LogP contribution in [0.1, 0.15) is 24.2 Å². The van der Waals surface area contributed by atoms with Gasteiger partial charge >= 0.3 is 5.97 Å². The van der Waals surface area contributed by atoms with E-state index in [0.717, 1.165) is 0 Å². The highest BCUT2D eigenvalue weighted by molar-refractivity contribution is 7.93. The highest BCUT2D eigenvalue weighted by Gasteiger charge is 2.15. The number of carbonyl (C=O) groups excluding carboxylic acids is 1. The van der Waals surface area contributed by atoms with E-state index in [4.69, 9.17) is 0 Å². The van der Waals surface area contributed by atoms with E-state index in [-0.39, 0.29) is 0 Å². The lowest BCUT2D eigenvalue weighted by molar-refractivity contribution is 0.0310. The molecule has 6 nitrogen and oxygen atoms in total.